The van der Waals surface area contributed by atoms with Gasteiger partial charge in [-0.3, -0.25) is 4.68 Å². The molecule has 3 rings (SSSR count). The number of hydrogen-bond acceptors (Lipinski definition) is 3. The van der Waals surface area contributed by atoms with Gasteiger partial charge in [0.2, 0.25) is 0 Å². The topological polar surface area (TPSA) is 33.1 Å². The van der Waals surface area contributed by atoms with Gasteiger partial charge in [-0.15, -0.1) is 0 Å². The molecular weight excluding hydrogens is 322 g/mol. The molecule has 1 N–H and O–H groups in total. The summed E-state index contributed by atoms with van der Waals surface area (Å²) in [5.41, 5.74) is 1.11. The quantitative estimate of drug-likeness (QED) is 0.834. The second kappa shape index (κ2) is 8.43. The summed E-state index contributed by atoms with van der Waals surface area (Å²) in [4.78, 5) is 2.23. The lowest BCUT2D eigenvalue weighted by molar-refractivity contribution is 0.0862. The van der Waals surface area contributed by atoms with Gasteiger partial charge >= 0.3 is 0 Å². The summed E-state index contributed by atoms with van der Waals surface area (Å²) in [6.07, 6.45) is 2.47. The SMILES string of the molecule is Cn1nccc1N1CCCC(NC(CCc2ccccc2)C(F)F)C1. The van der Waals surface area contributed by atoms with Crippen LogP contribution in [0.3, 0.4) is 0 Å². The summed E-state index contributed by atoms with van der Waals surface area (Å²) >= 11 is 0. The molecule has 1 aromatic heterocycles. The number of anilines is 1. The monoisotopic (exact) mass is 348 g/mol. The molecule has 0 bridgehead atoms. The summed E-state index contributed by atoms with van der Waals surface area (Å²) in [6, 6.07) is 11.1. The number of rotatable bonds is 7. The predicted octanol–water partition coefficient (Wildman–Crippen LogP) is 3.25. The van der Waals surface area contributed by atoms with Crippen LogP contribution < -0.4 is 10.2 Å². The highest BCUT2D eigenvalue weighted by molar-refractivity contribution is 5.38. The normalized spacial score (nSPS) is 19.4. The molecule has 0 spiro atoms. The highest BCUT2D eigenvalue weighted by Crippen LogP contribution is 2.20. The van der Waals surface area contributed by atoms with Gasteiger partial charge < -0.3 is 10.2 Å². The van der Waals surface area contributed by atoms with Crippen molar-refractivity contribution in [1.29, 1.82) is 0 Å². The first-order valence-corrected chi connectivity index (χ1v) is 8.94. The number of piperidine rings is 1. The van der Waals surface area contributed by atoms with Crippen LogP contribution >= 0.6 is 0 Å². The summed E-state index contributed by atoms with van der Waals surface area (Å²) in [7, 11) is 1.91. The Hall–Kier alpha value is -1.95. The summed E-state index contributed by atoms with van der Waals surface area (Å²) in [5.74, 6) is 1.05. The maximum absolute atomic E-state index is 13.5. The minimum atomic E-state index is -2.35. The van der Waals surface area contributed by atoms with E-state index in [0.717, 1.165) is 37.3 Å². The fraction of sp³-hybridized carbons (Fsp3) is 0.526. The van der Waals surface area contributed by atoms with Crippen LogP contribution in [0.15, 0.2) is 42.6 Å². The molecule has 1 aromatic carbocycles. The molecule has 2 unspecified atom stereocenters. The number of nitrogens with zero attached hydrogens (tertiary/aromatic N) is 3. The van der Waals surface area contributed by atoms with Crippen LogP contribution in [0.25, 0.3) is 0 Å². The molecule has 1 fully saturated rings. The van der Waals surface area contributed by atoms with E-state index in [4.69, 9.17) is 0 Å². The Morgan fingerprint density at radius 2 is 2.04 bits per heavy atom. The Bertz CT molecular complexity index is 644. The maximum atomic E-state index is 13.5. The molecule has 0 amide bonds. The average Bonchev–Trinajstić information content (AvgIpc) is 3.05. The van der Waals surface area contributed by atoms with Gasteiger partial charge in [-0.1, -0.05) is 30.3 Å². The number of hydrogen-bond donors (Lipinski definition) is 1. The van der Waals surface area contributed by atoms with Crippen LogP contribution in [0.5, 0.6) is 0 Å². The molecule has 6 heteroatoms. The predicted molar refractivity (Wildman–Crippen MR) is 96.1 cm³/mol. The molecule has 0 saturated carbocycles. The van der Waals surface area contributed by atoms with E-state index in [9.17, 15) is 8.78 Å². The fourth-order valence-electron chi connectivity index (χ4n) is 3.55. The maximum Gasteiger partial charge on any atom is 0.253 e. The van der Waals surface area contributed by atoms with Gasteiger partial charge in [-0.05, 0) is 31.2 Å². The molecular formula is C19H26F2N4. The Balaban J connectivity index is 1.57. The zero-order chi connectivity index (χ0) is 17.6. The van der Waals surface area contributed by atoms with Crippen LogP contribution in [-0.2, 0) is 13.5 Å². The molecule has 1 saturated heterocycles. The molecule has 136 valence electrons. The Morgan fingerprint density at radius 3 is 2.72 bits per heavy atom. The smallest absolute Gasteiger partial charge is 0.253 e. The molecule has 2 atom stereocenters. The first-order valence-electron chi connectivity index (χ1n) is 8.94. The van der Waals surface area contributed by atoms with Crippen molar-refractivity contribution in [2.75, 3.05) is 18.0 Å². The molecule has 2 heterocycles. The minimum absolute atomic E-state index is 0.0819. The lowest BCUT2D eigenvalue weighted by Gasteiger charge is -2.36. The lowest BCUT2D eigenvalue weighted by Crippen LogP contribution is -2.51. The largest absolute Gasteiger partial charge is 0.355 e. The highest BCUT2D eigenvalue weighted by atomic mass is 19.3. The zero-order valence-corrected chi connectivity index (χ0v) is 14.6. The Labute approximate surface area is 147 Å². The van der Waals surface area contributed by atoms with Crippen molar-refractivity contribution < 1.29 is 8.78 Å². The molecule has 0 aliphatic carbocycles. The zero-order valence-electron chi connectivity index (χ0n) is 14.6. The van der Waals surface area contributed by atoms with Crippen molar-refractivity contribution in [2.45, 2.75) is 44.2 Å². The Morgan fingerprint density at radius 1 is 1.24 bits per heavy atom. The average molecular weight is 348 g/mol. The standard InChI is InChI=1S/C19H26F2N4/c1-24-18(11-12-22-24)25-13-5-8-16(14-25)23-17(19(20)21)10-9-15-6-3-2-4-7-15/h2-4,6-7,11-12,16-17,19,23H,5,8-10,13-14H2,1H3. The molecule has 4 nitrogen and oxygen atoms in total. The van der Waals surface area contributed by atoms with E-state index in [2.05, 4.69) is 15.3 Å². The van der Waals surface area contributed by atoms with Crippen LogP contribution in [0.2, 0.25) is 0 Å². The highest BCUT2D eigenvalue weighted by Gasteiger charge is 2.27. The van der Waals surface area contributed by atoms with Crippen LogP contribution in [0, 0.1) is 0 Å². The first kappa shape index (κ1) is 17.9. The van der Waals surface area contributed by atoms with E-state index in [1.54, 1.807) is 6.20 Å². The number of aromatic nitrogens is 2. The van der Waals surface area contributed by atoms with E-state index in [0.29, 0.717) is 12.8 Å². The second-order valence-corrected chi connectivity index (χ2v) is 6.73. The summed E-state index contributed by atoms with van der Waals surface area (Å²) in [6.45, 7) is 1.69. The first-order chi connectivity index (χ1) is 12.1. The molecule has 1 aliphatic heterocycles. The Kier molecular flexibility index (Phi) is 6.02. The second-order valence-electron chi connectivity index (χ2n) is 6.73. The van der Waals surface area contributed by atoms with Gasteiger partial charge in [-0.2, -0.15) is 5.10 Å². The number of aryl methyl sites for hydroxylation is 2. The lowest BCUT2D eigenvalue weighted by atomic mass is 10.0. The van der Waals surface area contributed by atoms with Gasteiger partial charge in [0.05, 0.1) is 12.2 Å². The van der Waals surface area contributed by atoms with Gasteiger partial charge in [0, 0.05) is 32.2 Å². The minimum Gasteiger partial charge on any atom is -0.355 e. The van der Waals surface area contributed by atoms with Crippen LogP contribution in [0.4, 0.5) is 14.6 Å². The third-order valence-corrected chi connectivity index (χ3v) is 4.88. The van der Waals surface area contributed by atoms with E-state index < -0.39 is 12.5 Å². The molecule has 25 heavy (non-hydrogen) atoms. The van der Waals surface area contributed by atoms with Crippen molar-refractivity contribution >= 4 is 5.82 Å². The van der Waals surface area contributed by atoms with E-state index in [-0.39, 0.29) is 6.04 Å². The van der Waals surface area contributed by atoms with Gasteiger partial charge in [0.25, 0.3) is 6.43 Å². The van der Waals surface area contributed by atoms with Gasteiger partial charge in [0.15, 0.2) is 0 Å². The fourth-order valence-corrected chi connectivity index (χ4v) is 3.55. The van der Waals surface area contributed by atoms with Crippen LogP contribution in [0.1, 0.15) is 24.8 Å². The van der Waals surface area contributed by atoms with Crippen molar-refractivity contribution in [1.82, 2.24) is 15.1 Å². The molecule has 2 aromatic rings. The van der Waals surface area contributed by atoms with Crippen molar-refractivity contribution in [3.05, 3.63) is 48.2 Å². The van der Waals surface area contributed by atoms with Crippen LogP contribution in [-0.4, -0.2) is 41.4 Å². The van der Waals surface area contributed by atoms with Crippen molar-refractivity contribution in [3.8, 4) is 0 Å². The van der Waals surface area contributed by atoms with E-state index in [1.165, 1.54) is 0 Å². The van der Waals surface area contributed by atoms with Crippen molar-refractivity contribution in [3.63, 3.8) is 0 Å². The van der Waals surface area contributed by atoms with E-state index >= 15 is 0 Å². The third-order valence-electron chi connectivity index (χ3n) is 4.88. The summed E-state index contributed by atoms with van der Waals surface area (Å²) in [5, 5.41) is 7.42. The number of nitrogens with one attached hydrogen (secondary N) is 1. The molecule has 1 aliphatic rings. The number of alkyl halides is 2. The van der Waals surface area contributed by atoms with Gasteiger partial charge in [-0.25, -0.2) is 8.78 Å². The number of halogens is 2. The molecule has 0 radical (unpaired) electrons. The third kappa shape index (κ3) is 4.78. The van der Waals surface area contributed by atoms with Crippen molar-refractivity contribution in [2.24, 2.45) is 7.05 Å². The van der Waals surface area contributed by atoms with E-state index in [1.807, 2.05) is 48.1 Å². The number of benzene rings is 1. The van der Waals surface area contributed by atoms with Gasteiger partial charge in [0.1, 0.15) is 5.82 Å². The summed E-state index contributed by atoms with van der Waals surface area (Å²) < 4.78 is 28.8.